The van der Waals surface area contributed by atoms with Crippen LogP contribution in [0.3, 0.4) is 0 Å². The van der Waals surface area contributed by atoms with Crippen LogP contribution < -0.4 is 0 Å². The van der Waals surface area contributed by atoms with Crippen LogP contribution in [0, 0.1) is 0 Å². The molecule has 0 aliphatic heterocycles. The zero-order valence-corrected chi connectivity index (χ0v) is 3.50. The van der Waals surface area contributed by atoms with Crippen LogP contribution >= 0.6 is 0 Å². The summed E-state index contributed by atoms with van der Waals surface area (Å²) in [4.78, 5) is 0. The Morgan fingerprint density at radius 3 is 0.250 bits per heavy atom. The molecule has 0 saturated carbocycles. The van der Waals surface area contributed by atoms with Crippen molar-refractivity contribution in [2.45, 2.75) is 0 Å². The summed E-state index contributed by atoms with van der Waals surface area (Å²) < 4.78 is 0. The molecule has 0 atom stereocenters. The predicted octanol–water partition coefficient (Wildman–Crippen LogP) is -6.42. The average Bonchev–Trinajstić information content (AvgIpc) is 0. The van der Waals surface area contributed by atoms with E-state index in [-0.39, 0.29) is 67.9 Å². The molecule has 0 rings (SSSR count). The summed E-state index contributed by atoms with van der Waals surface area (Å²) in [6.45, 7) is 0. The molecule has 0 amide bonds. The van der Waals surface area contributed by atoms with Gasteiger partial charge in [0.2, 0.25) is 0 Å². The molecule has 7 nitrogen and oxygen atoms in total. The van der Waals surface area contributed by atoms with Gasteiger partial charge in [-0.05, 0) is 0 Å². The van der Waals surface area contributed by atoms with Crippen LogP contribution in [-0.4, -0.2) is 67.9 Å². The Hall–Kier alpha value is 0.720. The van der Waals surface area contributed by atoms with Crippen LogP contribution in [-0.2, 0) is 0 Å². The van der Waals surface area contributed by atoms with Gasteiger partial charge >= 0.3 is 29.6 Å². The van der Waals surface area contributed by atoms with Gasteiger partial charge < -0.3 is 38.3 Å². The quantitative estimate of drug-likeness (QED) is 0.293. The van der Waals surface area contributed by atoms with Crippen molar-refractivity contribution in [1.82, 2.24) is 0 Å². The Labute approximate surface area is 68.1 Å². The van der Waals surface area contributed by atoms with Gasteiger partial charge in [-0.1, -0.05) is 0 Å². The standard InChI is InChI=1S/Na.7H2O.H/h;7*1H2;. The first-order chi connectivity index (χ1) is 0. The Bertz CT molecular complexity index is 4.35. The van der Waals surface area contributed by atoms with Gasteiger partial charge in [0, 0.05) is 0 Å². The number of hydrogen-bond acceptors (Lipinski definition) is 0. The van der Waals surface area contributed by atoms with Crippen molar-refractivity contribution in [1.29, 1.82) is 0 Å². The maximum atomic E-state index is 0. The van der Waals surface area contributed by atoms with Gasteiger partial charge in [0.15, 0.2) is 0 Å². The van der Waals surface area contributed by atoms with Crippen molar-refractivity contribution in [3.63, 3.8) is 0 Å². The van der Waals surface area contributed by atoms with Crippen molar-refractivity contribution in [3.05, 3.63) is 0 Å². The first-order valence-electron chi connectivity index (χ1n) is 0. The third-order valence-corrected chi connectivity index (χ3v) is 0. The zero-order chi connectivity index (χ0) is 0. The summed E-state index contributed by atoms with van der Waals surface area (Å²) in [5, 5.41) is 0. The molecule has 0 aromatic heterocycles. The van der Waals surface area contributed by atoms with Gasteiger partial charge in [-0.25, -0.2) is 0 Å². The van der Waals surface area contributed by atoms with E-state index in [1.807, 2.05) is 0 Å². The molecule has 0 unspecified atom stereocenters. The van der Waals surface area contributed by atoms with E-state index in [2.05, 4.69) is 0 Å². The van der Waals surface area contributed by atoms with Gasteiger partial charge in [0.1, 0.15) is 0 Å². The topological polar surface area (TPSA) is 220 Å². The first-order valence-corrected chi connectivity index (χ1v) is 0. The zero-order valence-electron chi connectivity index (χ0n) is 3.50. The monoisotopic (exact) mass is 150 g/mol. The molecular formula is H15NaO7. The molecule has 0 aromatic carbocycles. The average molecular weight is 150 g/mol. The molecule has 0 aromatic rings. The predicted molar refractivity (Wildman–Crippen MR) is 32.4 cm³/mol. The van der Waals surface area contributed by atoms with Crippen molar-refractivity contribution in [3.8, 4) is 0 Å². The molecule has 0 aliphatic rings. The third kappa shape index (κ3) is 424. The minimum absolute atomic E-state index is 0. The molecule has 0 heterocycles. The van der Waals surface area contributed by atoms with Crippen molar-refractivity contribution >= 4 is 29.6 Å². The fourth-order valence-corrected chi connectivity index (χ4v) is 0. The summed E-state index contributed by atoms with van der Waals surface area (Å²) in [6, 6.07) is 0. The Morgan fingerprint density at radius 1 is 0.250 bits per heavy atom. The summed E-state index contributed by atoms with van der Waals surface area (Å²) in [5.74, 6) is 0. The second-order valence-corrected chi connectivity index (χ2v) is 0. The molecule has 0 spiro atoms. The summed E-state index contributed by atoms with van der Waals surface area (Å²) in [6.07, 6.45) is 0. The van der Waals surface area contributed by atoms with Gasteiger partial charge in [0.05, 0.1) is 0 Å². The van der Waals surface area contributed by atoms with Crippen molar-refractivity contribution in [2.24, 2.45) is 0 Å². The van der Waals surface area contributed by atoms with E-state index in [9.17, 15) is 0 Å². The molecule has 8 heavy (non-hydrogen) atoms. The van der Waals surface area contributed by atoms with Crippen LogP contribution in [0.1, 0.15) is 0 Å². The maximum absolute atomic E-state index is 0. The Morgan fingerprint density at radius 2 is 0.250 bits per heavy atom. The van der Waals surface area contributed by atoms with Crippen molar-refractivity contribution in [2.75, 3.05) is 0 Å². The van der Waals surface area contributed by atoms with Crippen LogP contribution in [0.4, 0.5) is 0 Å². The second-order valence-electron chi connectivity index (χ2n) is 0. The fraction of sp³-hybridized carbons (Fsp3) is 0. The number of rotatable bonds is 0. The van der Waals surface area contributed by atoms with E-state index in [1.165, 1.54) is 0 Å². The Balaban J connectivity index is 0. The molecule has 0 radical (unpaired) electrons. The molecule has 8 heteroatoms. The number of hydrogen-bond donors (Lipinski definition) is 0. The molecule has 0 fully saturated rings. The molecule has 58 valence electrons. The fourth-order valence-electron chi connectivity index (χ4n) is 0. The van der Waals surface area contributed by atoms with Gasteiger partial charge in [-0.3, -0.25) is 0 Å². The van der Waals surface area contributed by atoms with Crippen LogP contribution in [0.15, 0.2) is 0 Å². The molecular weight excluding hydrogens is 135 g/mol. The Kier molecular flexibility index (Phi) is 84300. The molecule has 0 bridgehead atoms. The third-order valence-electron chi connectivity index (χ3n) is 0. The molecule has 0 aliphatic carbocycles. The normalized spacial score (nSPS) is 0. The van der Waals surface area contributed by atoms with Crippen LogP contribution in [0.5, 0.6) is 0 Å². The molecule has 0 saturated heterocycles. The molecule has 14 N–H and O–H groups in total. The van der Waals surface area contributed by atoms with E-state index in [0.717, 1.165) is 0 Å². The van der Waals surface area contributed by atoms with Gasteiger partial charge in [0.25, 0.3) is 0 Å². The summed E-state index contributed by atoms with van der Waals surface area (Å²) >= 11 is 0. The van der Waals surface area contributed by atoms with E-state index < -0.39 is 0 Å². The first kappa shape index (κ1) is 1000. The second kappa shape index (κ2) is 672. The van der Waals surface area contributed by atoms with E-state index >= 15 is 0 Å². The summed E-state index contributed by atoms with van der Waals surface area (Å²) in [7, 11) is 0. The van der Waals surface area contributed by atoms with E-state index in [1.54, 1.807) is 0 Å². The van der Waals surface area contributed by atoms with Crippen molar-refractivity contribution < 1.29 is 38.3 Å². The van der Waals surface area contributed by atoms with E-state index in [0.29, 0.717) is 0 Å². The van der Waals surface area contributed by atoms with Gasteiger partial charge in [-0.15, -0.1) is 0 Å². The van der Waals surface area contributed by atoms with E-state index in [4.69, 9.17) is 0 Å². The van der Waals surface area contributed by atoms with Crippen LogP contribution in [0.2, 0.25) is 0 Å². The van der Waals surface area contributed by atoms with Crippen LogP contribution in [0.25, 0.3) is 0 Å². The van der Waals surface area contributed by atoms with Gasteiger partial charge in [-0.2, -0.15) is 0 Å². The SMILES string of the molecule is O.O.O.O.O.O.O.[NaH]. The summed E-state index contributed by atoms with van der Waals surface area (Å²) in [5.41, 5.74) is 0. The minimum atomic E-state index is 0.